The van der Waals surface area contributed by atoms with Gasteiger partial charge in [-0.3, -0.25) is 9.69 Å². The van der Waals surface area contributed by atoms with Crippen LogP contribution in [0.25, 0.3) is 0 Å². The first kappa shape index (κ1) is 14.9. The van der Waals surface area contributed by atoms with Gasteiger partial charge in [0, 0.05) is 6.54 Å². The Morgan fingerprint density at radius 3 is 2.75 bits per heavy atom. The first-order valence-corrected chi connectivity index (χ1v) is 7.39. The Bertz CT molecular complexity index is 447. The number of likely N-dealkylation sites (N-methyl/N-ethyl adjacent to an activating group) is 1. The third-order valence-corrected chi connectivity index (χ3v) is 4.03. The van der Waals surface area contributed by atoms with Gasteiger partial charge in [0.1, 0.15) is 0 Å². The molecular formula is C16H25N3O. The fraction of sp³-hybridized carbons (Fsp3) is 0.562. The number of benzene rings is 1. The van der Waals surface area contributed by atoms with E-state index in [0.29, 0.717) is 12.2 Å². The third-order valence-electron chi connectivity index (χ3n) is 4.03. The second-order valence-electron chi connectivity index (χ2n) is 5.93. The van der Waals surface area contributed by atoms with E-state index in [4.69, 9.17) is 5.73 Å². The smallest absolute Gasteiger partial charge is 0.238 e. The molecule has 0 bridgehead atoms. The van der Waals surface area contributed by atoms with Gasteiger partial charge in [-0.2, -0.15) is 0 Å². The number of nitrogens with zero attached hydrogens (tertiary/aromatic N) is 1. The number of amides is 1. The molecule has 3 N–H and O–H groups in total. The normalized spacial score (nSPS) is 15.8. The van der Waals surface area contributed by atoms with E-state index in [0.717, 1.165) is 23.7 Å². The largest absolute Gasteiger partial charge is 0.397 e. The molecule has 0 radical (unpaired) electrons. The van der Waals surface area contributed by atoms with Crippen molar-refractivity contribution in [3.8, 4) is 0 Å². The van der Waals surface area contributed by atoms with Crippen LogP contribution in [0.15, 0.2) is 18.2 Å². The van der Waals surface area contributed by atoms with E-state index in [-0.39, 0.29) is 5.91 Å². The van der Waals surface area contributed by atoms with Gasteiger partial charge < -0.3 is 11.1 Å². The number of hydrogen-bond acceptors (Lipinski definition) is 3. The number of rotatable bonds is 5. The zero-order chi connectivity index (χ0) is 14.5. The van der Waals surface area contributed by atoms with Gasteiger partial charge in [0.25, 0.3) is 0 Å². The summed E-state index contributed by atoms with van der Waals surface area (Å²) in [6.45, 7) is 3.38. The van der Waals surface area contributed by atoms with E-state index in [9.17, 15) is 4.79 Å². The number of carbonyl (C=O) groups excluding carboxylic acids is 1. The summed E-state index contributed by atoms with van der Waals surface area (Å²) >= 11 is 0. The molecule has 1 saturated carbocycles. The molecule has 0 saturated heterocycles. The molecule has 0 aliphatic heterocycles. The number of nitrogens with two attached hydrogens (primary N) is 1. The van der Waals surface area contributed by atoms with Crippen LogP contribution in [0, 0.1) is 12.8 Å². The summed E-state index contributed by atoms with van der Waals surface area (Å²) in [7, 11) is 2.01. The summed E-state index contributed by atoms with van der Waals surface area (Å²) in [5, 5.41) is 2.93. The number of carbonyl (C=O) groups is 1. The first-order chi connectivity index (χ1) is 9.56. The van der Waals surface area contributed by atoms with Crippen LogP contribution in [0.3, 0.4) is 0 Å². The highest BCUT2D eigenvalue weighted by atomic mass is 16.2. The monoisotopic (exact) mass is 275 g/mol. The van der Waals surface area contributed by atoms with E-state index in [1.165, 1.54) is 25.7 Å². The number of hydrogen-bond donors (Lipinski definition) is 2. The van der Waals surface area contributed by atoms with E-state index < -0.39 is 0 Å². The zero-order valence-corrected chi connectivity index (χ0v) is 12.5. The lowest BCUT2D eigenvalue weighted by Gasteiger charge is -2.20. The van der Waals surface area contributed by atoms with Crippen LogP contribution >= 0.6 is 0 Å². The number of anilines is 2. The number of para-hydroxylation sites is 1. The van der Waals surface area contributed by atoms with Crippen LogP contribution < -0.4 is 11.1 Å². The van der Waals surface area contributed by atoms with Crippen molar-refractivity contribution in [3.05, 3.63) is 23.8 Å². The van der Waals surface area contributed by atoms with Gasteiger partial charge in [0.15, 0.2) is 0 Å². The van der Waals surface area contributed by atoms with Gasteiger partial charge in [0.05, 0.1) is 17.9 Å². The van der Waals surface area contributed by atoms with Crippen molar-refractivity contribution >= 4 is 17.3 Å². The Hall–Kier alpha value is -1.55. The first-order valence-electron chi connectivity index (χ1n) is 7.39. The van der Waals surface area contributed by atoms with Gasteiger partial charge >= 0.3 is 0 Å². The summed E-state index contributed by atoms with van der Waals surface area (Å²) in [5.74, 6) is 0.767. The average molecular weight is 275 g/mol. The van der Waals surface area contributed by atoms with Gasteiger partial charge in [0.2, 0.25) is 5.91 Å². The fourth-order valence-electron chi connectivity index (χ4n) is 2.98. The number of aryl methyl sites for hydroxylation is 1. The predicted molar refractivity (Wildman–Crippen MR) is 83.7 cm³/mol. The van der Waals surface area contributed by atoms with Gasteiger partial charge in [-0.15, -0.1) is 0 Å². The van der Waals surface area contributed by atoms with Crippen molar-refractivity contribution in [1.82, 2.24) is 4.90 Å². The summed E-state index contributed by atoms with van der Waals surface area (Å²) in [6, 6.07) is 5.66. The lowest BCUT2D eigenvalue weighted by Crippen LogP contribution is -2.33. The molecule has 4 heteroatoms. The zero-order valence-electron chi connectivity index (χ0n) is 12.5. The van der Waals surface area contributed by atoms with Crippen molar-refractivity contribution in [2.45, 2.75) is 32.6 Å². The Morgan fingerprint density at radius 2 is 2.10 bits per heavy atom. The summed E-state index contributed by atoms with van der Waals surface area (Å²) < 4.78 is 0. The molecule has 0 aromatic heterocycles. The van der Waals surface area contributed by atoms with E-state index >= 15 is 0 Å². The summed E-state index contributed by atoms with van der Waals surface area (Å²) in [5.41, 5.74) is 8.27. The van der Waals surface area contributed by atoms with Crippen LogP contribution in [0.1, 0.15) is 31.2 Å². The minimum atomic E-state index is 0.00602. The van der Waals surface area contributed by atoms with Gasteiger partial charge in [-0.1, -0.05) is 25.0 Å². The van der Waals surface area contributed by atoms with Crippen molar-refractivity contribution in [3.63, 3.8) is 0 Å². The second kappa shape index (κ2) is 6.75. The van der Waals surface area contributed by atoms with Gasteiger partial charge in [-0.05, 0) is 44.4 Å². The van der Waals surface area contributed by atoms with Crippen LogP contribution in [0.4, 0.5) is 11.4 Å². The molecule has 0 unspecified atom stereocenters. The van der Waals surface area contributed by atoms with Crippen molar-refractivity contribution in [2.24, 2.45) is 5.92 Å². The Balaban J connectivity index is 1.85. The molecule has 1 aliphatic carbocycles. The van der Waals surface area contributed by atoms with Crippen molar-refractivity contribution < 1.29 is 4.79 Å². The molecule has 1 aromatic carbocycles. The highest BCUT2D eigenvalue weighted by Gasteiger charge is 2.18. The van der Waals surface area contributed by atoms with Crippen molar-refractivity contribution in [2.75, 3.05) is 31.2 Å². The highest BCUT2D eigenvalue weighted by Crippen LogP contribution is 2.25. The molecule has 0 heterocycles. The topological polar surface area (TPSA) is 58.4 Å². The SMILES string of the molecule is Cc1cccc(N)c1NC(=O)CN(C)CC1CCCC1. The highest BCUT2D eigenvalue weighted by molar-refractivity contribution is 5.96. The van der Waals surface area contributed by atoms with Gasteiger partial charge in [-0.25, -0.2) is 0 Å². The molecule has 1 aromatic rings. The predicted octanol–water partition coefficient (Wildman–Crippen LogP) is 2.64. The molecule has 2 rings (SSSR count). The molecule has 1 aliphatic rings. The van der Waals surface area contributed by atoms with E-state index in [1.807, 2.05) is 32.2 Å². The van der Waals surface area contributed by atoms with Crippen LogP contribution in [-0.2, 0) is 4.79 Å². The fourth-order valence-corrected chi connectivity index (χ4v) is 2.98. The molecule has 4 nitrogen and oxygen atoms in total. The molecule has 20 heavy (non-hydrogen) atoms. The second-order valence-corrected chi connectivity index (χ2v) is 5.93. The lowest BCUT2D eigenvalue weighted by atomic mass is 10.1. The standard InChI is InChI=1S/C16H25N3O/c1-12-6-5-9-14(17)16(12)18-15(20)11-19(2)10-13-7-3-4-8-13/h5-6,9,13H,3-4,7-8,10-11,17H2,1-2H3,(H,18,20). The third kappa shape index (κ3) is 3.97. The summed E-state index contributed by atoms with van der Waals surface area (Å²) in [6.07, 6.45) is 5.28. The van der Waals surface area contributed by atoms with Crippen LogP contribution in [0.5, 0.6) is 0 Å². The Kier molecular flexibility index (Phi) is 5.01. The average Bonchev–Trinajstić information content (AvgIpc) is 2.86. The molecule has 1 amide bonds. The van der Waals surface area contributed by atoms with E-state index in [1.54, 1.807) is 0 Å². The quantitative estimate of drug-likeness (QED) is 0.812. The maximum Gasteiger partial charge on any atom is 0.238 e. The maximum absolute atomic E-state index is 12.1. The molecule has 1 fully saturated rings. The van der Waals surface area contributed by atoms with E-state index in [2.05, 4.69) is 10.2 Å². The number of nitrogen functional groups attached to an aromatic ring is 1. The minimum absolute atomic E-state index is 0.00602. The summed E-state index contributed by atoms with van der Waals surface area (Å²) in [4.78, 5) is 14.2. The molecular weight excluding hydrogens is 250 g/mol. The Morgan fingerprint density at radius 1 is 1.40 bits per heavy atom. The van der Waals surface area contributed by atoms with Crippen LogP contribution in [-0.4, -0.2) is 30.9 Å². The minimum Gasteiger partial charge on any atom is -0.397 e. The number of nitrogens with one attached hydrogen (secondary N) is 1. The Labute approximate surface area is 121 Å². The molecule has 0 spiro atoms. The maximum atomic E-state index is 12.1. The van der Waals surface area contributed by atoms with Crippen LogP contribution in [0.2, 0.25) is 0 Å². The molecule has 0 atom stereocenters. The molecule has 110 valence electrons. The van der Waals surface area contributed by atoms with Crippen molar-refractivity contribution in [1.29, 1.82) is 0 Å². The lowest BCUT2D eigenvalue weighted by molar-refractivity contribution is -0.117.